The fourth-order valence-corrected chi connectivity index (χ4v) is 2.56. The standard InChI is InChI=1S/C14H16BrNO4.Na/c15-9-3-4-12-10(8-9)11(2-1-7-20-12)16-13(17)5-6-14(18)19;/h3-4,8,11H,1-2,5-7H2,(H,16,17)(H,18,19);/q;+1/p-1. The number of hydrogen-bond acceptors (Lipinski definition) is 4. The van der Waals surface area contributed by atoms with Gasteiger partial charge in [-0.3, -0.25) is 4.79 Å². The smallest absolute Gasteiger partial charge is 0.550 e. The average molecular weight is 364 g/mol. The van der Waals surface area contributed by atoms with Gasteiger partial charge in [0.15, 0.2) is 0 Å². The molecule has 1 aromatic carbocycles. The first-order valence-electron chi connectivity index (χ1n) is 6.47. The van der Waals surface area contributed by atoms with Gasteiger partial charge in [0, 0.05) is 22.4 Å². The molecule has 1 heterocycles. The molecule has 0 bridgehead atoms. The minimum atomic E-state index is -1.22. The molecular formula is C14H15BrNNaO4. The van der Waals surface area contributed by atoms with Crippen LogP contribution in [0.25, 0.3) is 0 Å². The summed E-state index contributed by atoms with van der Waals surface area (Å²) in [7, 11) is 0. The van der Waals surface area contributed by atoms with Gasteiger partial charge >= 0.3 is 29.6 Å². The number of halogens is 1. The Morgan fingerprint density at radius 1 is 1.38 bits per heavy atom. The summed E-state index contributed by atoms with van der Waals surface area (Å²) >= 11 is 3.41. The van der Waals surface area contributed by atoms with Crippen molar-refractivity contribution in [1.82, 2.24) is 5.32 Å². The van der Waals surface area contributed by atoms with Crippen molar-refractivity contribution in [3.63, 3.8) is 0 Å². The number of fused-ring (bicyclic) bond motifs is 1. The van der Waals surface area contributed by atoms with E-state index in [4.69, 9.17) is 4.74 Å². The van der Waals surface area contributed by atoms with E-state index in [0.29, 0.717) is 6.61 Å². The summed E-state index contributed by atoms with van der Waals surface area (Å²) in [4.78, 5) is 22.1. The summed E-state index contributed by atoms with van der Waals surface area (Å²) in [6, 6.07) is 5.52. The van der Waals surface area contributed by atoms with Crippen molar-refractivity contribution in [3.05, 3.63) is 28.2 Å². The molecule has 0 spiro atoms. The van der Waals surface area contributed by atoms with E-state index in [0.717, 1.165) is 28.6 Å². The topological polar surface area (TPSA) is 78.5 Å². The maximum absolute atomic E-state index is 11.8. The molecule has 5 nitrogen and oxygen atoms in total. The maximum atomic E-state index is 11.8. The van der Waals surface area contributed by atoms with Gasteiger partial charge in [0.25, 0.3) is 0 Å². The molecule has 0 aromatic heterocycles. The summed E-state index contributed by atoms with van der Waals surface area (Å²) < 4.78 is 6.55. The Morgan fingerprint density at radius 3 is 2.86 bits per heavy atom. The molecule has 0 aliphatic carbocycles. The molecule has 1 N–H and O–H groups in total. The van der Waals surface area contributed by atoms with Gasteiger partial charge in [-0.25, -0.2) is 0 Å². The van der Waals surface area contributed by atoms with Crippen LogP contribution in [0.4, 0.5) is 0 Å². The van der Waals surface area contributed by atoms with Crippen molar-refractivity contribution in [2.24, 2.45) is 0 Å². The van der Waals surface area contributed by atoms with E-state index in [1.54, 1.807) is 0 Å². The van der Waals surface area contributed by atoms with Crippen molar-refractivity contribution in [3.8, 4) is 5.75 Å². The number of hydrogen-bond donors (Lipinski definition) is 1. The first kappa shape index (κ1) is 18.5. The number of benzene rings is 1. The van der Waals surface area contributed by atoms with Crippen LogP contribution in [-0.2, 0) is 9.59 Å². The second kappa shape index (κ2) is 8.78. The quantitative estimate of drug-likeness (QED) is 0.647. The van der Waals surface area contributed by atoms with Crippen molar-refractivity contribution >= 4 is 27.8 Å². The normalized spacial score (nSPS) is 16.7. The molecule has 7 heteroatoms. The Kier molecular flexibility index (Phi) is 7.73. The van der Waals surface area contributed by atoms with Gasteiger partial charge in [0.2, 0.25) is 5.91 Å². The predicted octanol–water partition coefficient (Wildman–Crippen LogP) is -1.69. The second-order valence-corrected chi connectivity index (χ2v) is 5.58. The fourth-order valence-electron chi connectivity index (χ4n) is 2.18. The van der Waals surface area contributed by atoms with E-state index in [2.05, 4.69) is 21.2 Å². The van der Waals surface area contributed by atoms with Crippen LogP contribution in [0.1, 0.15) is 37.3 Å². The number of carboxylic acids is 1. The van der Waals surface area contributed by atoms with Crippen molar-refractivity contribution < 1.29 is 49.0 Å². The molecule has 0 fully saturated rings. The number of carboxylic acid groups (broad SMARTS) is 1. The molecule has 1 atom stereocenters. The van der Waals surface area contributed by atoms with Gasteiger partial charge in [0.1, 0.15) is 5.75 Å². The number of nitrogens with one attached hydrogen (secondary N) is 1. The molecule has 1 aliphatic heterocycles. The third-order valence-corrected chi connectivity index (χ3v) is 3.63. The van der Waals surface area contributed by atoms with Crippen molar-refractivity contribution in [2.45, 2.75) is 31.7 Å². The van der Waals surface area contributed by atoms with Crippen LogP contribution in [-0.4, -0.2) is 18.5 Å². The molecule has 1 aromatic rings. The van der Waals surface area contributed by atoms with Gasteiger partial charge in [0.05, 0.1) is 12.6 Å². The van der Waals surface area contributed by atoms with Gasteiger partial charge in [-0.2, -0.15) is 0 Å². The number of aliphatic carboxylic acids is 1. The van der Waals surface area contributed by atoms with Crippen LogP contribution in [0.15, 0.2) is 22.7 Å². The Hall–Kier alpha value is -0.560. The molecule has 0 saturated carbocycles. The first-order valence-corrected chi connectivity index (χ1v) is 7.27. The third kappa shape index (κ3) is 5.62. The van der Waals surface area contributed by atoms with E-state index in [1.807, 2.05) is 18.2 Å². The summed E-state index contributed by atoms with van der Waals surface area (Å²) in [5.41, 5.74) is 0.915. The van der Waals surface area contributed by atoms with Gasteiger partial charge in [-0.1, -0.05) is 15.9 Å². The monoisotopic (exact) mass is 363 g/mol. The van der Waals surface area contributed by atoms with E-state index < -0.39 is 5.97 Å². The van der Waals surface area contributed by atoms with Crippen molar-refractivity contribution in [1.29, 1.82) is 0 Å². The minimum absolute atomic E-state index is 0. The van der Waals surface area contributed by atoms with Crippen LogP contribution in [0.2, 0.25) is 0 Å². The molecule has 108 valence electrons. The molecule has 21 heavy (non-hydrogen) atoms. The summed E-state index contributed by atoms with van der Waals surface area (Å²) in [6.07, 6.45) is 1.27. The molecule has 1 unspecified atom stereocenters. The van der Waals surface area contributed by atoms with E-state index in [-0.39, 0.29) is 54.3 Å². The molecular weight excluding hydrogens is 349 g/mol. The minimum Gasteiger partial charge on any atom is -0.550 e. The zero-order valence-electron chi connectivity index (χ0n) is 11.9. The molecule has 0 saturated heterocycles. The van der Waals surface area contributed by atoms with Gasteiger partial charge < -0.3 is 20.0 Å². The van der Waals surface area contributed by atoms with Crippen LogP contribution in [0.3, 0.4) is 0 Å². The Morgan fingerprint density at radius 2 is 2.14 bits per heavy atom. The zero-order chi connectivity index (χ0) is 14.5. The van der Waals surface area contributed by atoms with E-state index in [9.17, 15) is 14.7 Å². The maximum Gasteiger partial charge on any atom is 1.00 e. The number of amides is 1. The zero-order valence-corrected chi connectivity index (χ0v) is 15.4. The fraction of sp³-hybridized carbons (Fsp3) is 0.429. The van der Waals surface area contributed by atoms with Crippen LogP contribution >= 0.6 is 15.9 Å². The number of carbonyl (C=O) groups excluding carboxylic acids is 2. The third-order valence-electron chi connectivity index (χ3n) is 3.13. The molecule has 1 amide bonds. The summed E-state index contributed by atoms with van der Waals surface area (Å²) in [5, 5.41) is 13.2. The average Bonchev–Trinajstić information content (AvgIpc) is 2.59. The molecule has 0 radical (unpaired) electrons. The number of ether oxygens (including phenoxy) is 1. The van der Waals surface area contributed by atoms with Crippen molar-refractivity contribution in [2.75, 3.05) is 6.61 Å². The number of carbonyl (C=O) groups is 2. The largest absolute Gasteiger partial charge is 1.00 e. The second-order valence-electron chi connectivity index (χ2n) is 4.66. The van der Waals surface area contributed by atoms with Gasteiger partial charge in [-0.15, -0.1) is 0 Å². The molecule has 2 rings (SSSR count). The predicted molar refractivity (Wildman–Crippen MR) is 74.0 cm³/mol. The van der Waals surface area contributed by atoms with E-state index in [1.165, 1.54) is 0 Å². The van der Waals surface area contributed by atoms with Crippen LogP contribution < -0.4 is 44.7 Å². The Bertz CT molecular complexity index is 524. The van der Waals surface area contributed by atoms with Crippen LogP contribution in [0.5, 0.6) is 5.75 Å². The summed E-state index contributed by atoms with van der Waals surface area (Å²) in [5.74, 6) is -0.740. The molecule has 1 aliphatic rings. The van der Waals surface area contributed by atoms with Crippen LogP contribution in [0, 0.1) is 0 Å². The van der Waals surface area contributed by atoms with E-state index >= 15 is 0 Å². The number of rotatable bonds is 4. The SMILES string of the molecule is O=C([O-])CCC(=O)NC1CCCOc2ccc(Br)cc21.[Na+]. The van der Waals surface area contributed by atoms with Gasteiger partial charge in [-0.05, 0) is 37.5 Å². The first-order chi connectivity index (χ1) is 9.56. The summed E-state index contributed by atoms with van der Waals surface area (Å²) in [6.45, 7) is 0.611. The Balaban J connectivity index is 0.00000220. The Labute approximate surface area is 153 Å².